The molecule has 0 fully saturated rings. The number of amides is 1. The predicted octanol–water partition coefficient (Wildman–Crippen LogP) is 3.30. The first-order valence-electron chi connectivity index (χ1n) is 7.93. The van der Waals surface area contributed by atoms with Crippen molar-refractivity contribution in [2.24, 2.45) is 0 Å². The molecule has 1 amide bonds. The number of benzene rings is 2. The third kappa shape index (κ3) is 3.22. The summed E-state index contributed by atoms with van der Waals surface area (Å²) in [7, 11) is 0. The fourth-order valence-electron chi connectivity index (χ4n) is 3.11. The van der Waals surface area contributed by atoms with Gasteiger partial charge in [-0.15, -0.1) is 0 Å². The molecule has 0 radical (unpaired) electrons. The summed E-state index contributed by atoms with van der Waals surface area (Å²) < 4.78 is 5.42. The van der Waals surface area contributed by atoms with Crippen LogP contribution in [-0.2, 0) is 4.74 Å². The molecule has 3 rings (SSSR count). The van der Waals surface area contributed by atoms with Crippen LogP contribution in [0.5, 0.6) is 0 Å². The van der Waals surface area contributed by atoms with E-state index < -0.39 is 6.09 Å². The maximum absolute atomic E-state index is 11.9. The molecule has 120 valence electrons. The first-order valence-corrected chi connectivity index (χ1v) is 7.93. The summed E-state index contributed by atoms with van der Waals surface area (Å²) in [4.78, 5) is 11.9. The number of carbonyl (C=O) groups excluding carboxylic acids is 1. The fourth-order valence-corrected chi connectivity index (χ4v) is 3.11. The van der Waals surface area contributed by atoms with E-state index in [4.69, 9.17) is 9.84 Å². The SMILES string of the molecule is C[C@H](CCO)NC(=O)OCC1c2ccccc2-c2ccccc21. The zero-order valence-electron chi connectivity index (χ0n) is 13.2. The second-order valence-electron chi connectivity index (χ2n) is 5.88. The molecule has 2 N–H and O–H groups in total. The fraction of sp³-hybridized carbons (Fsp3) is 0.316. The molecule has 0 saturated carbocycles. The second-order valence-corrected chi connectivity index (χ2v) is 5.88. The number of hydrogen-bond acceptors (Lipinski definition) is 3. The predicted molar refractivity (Wildman–Crippen MR) is 89.4 cm³/mol. The molecule has 0 aromatic heterocycles. The van der Waals surface area contributed by atoms with Crippen molar-refractivity contribution in [3.05, 3.63) is 59.7 Å². The lowest BCUT2D eigenvalue weighted by Gasteiger charge is -2.16. The lowest BCUT2D eigenvalue weighted by Crippen LogP contribution is -2.34. The van der Waals surface area contributed by atoms with E-state index in [1.165, 1.54) is 22.3 Å². The highest BCUT2D eigenvalue weighted by atomic mass is 16.5. The maximum atomic E-state index is 11.9. The van der Waals surface area contributed by atoms with Crippen molar-refractivity contribution in [2.75, 3.05) is 13.2 Å². The Bertz CT molecular complexity index is 653. The zero-order chi connectivity index (χ0) is 16.2. The van der Waals surface area contributed by atoms with Gasteiger partial charge in [-0.1, -0.05) is 48.5 Å². The van der Waals surface area contributed by atoms with Gasteiger partial charge in [0.1, 0.15) is 6.61 Å². The molecule has 0 spiro atoms. The number of ether oxygens (including phenoxy) is 1. The van der Waals surface area contributed by atoms with Gasteiger partial charge in [-0.25, -0.2) is 4.79 Å². The van der Waals surface area contributed by atoms with E-state index in [1.807, 2.05) is 31.2 Å². The van der Waals surface area contributed by atoms with Crippen LogP contribution in [0.4, 0.5) is 4.79 Å². The maximum Gasteiger partial charge on any atom is 0.407 e. The van der Waals surface area contributed by atoms with Crippen molar-refractivity contribution in [3.8, 4) is 11.1 Å². The first kappa shape index (κ1) is 15.6. The molecule has 0 heterocycles. The third-order valence-electron chi connectivity index (χ3n) is 4.27. The van der Waals surface area contributed by atoms with E-state index in [0.29, 0.717) is 13.0 Å². The molecule has 4 heteroatoms. The minimum atomic E-state index is -0.437. The average Bonchev–Trinajstić information content (AvgIpc) is 2.87. The van der Waals surface area contributed by atoms with Crippen molar-refractivity contribution in [1.29, 1.82) is 0 Å². The summed E-state index contributed by atoms with van der Waals surface area (Å²) >= 11 is 0. The number of rotatable bonds is 5. The van der Waals surface area contributed by atoms with E-state index in [0.717, 1.165) is 0 Å². The number of nitrogens with one attached hydrogen (secondary N) is 1. The Morgan fingerprint density at radius 2 is 1.70 bits per heavy atom. The molecular formula is C19H21NO3. The molecule has 0 unspecified atom stereocenters. The lowest BCUT2D eigenvalue weighted by molar-refractivity contribution is 0.138. The molecule has 1 aliphatic rings. The Morgan fingerprint density at radius 1 is 1.13 bits per heavy atom. The van der Waals surface area contributed by atoms with Crippen molar-refractivity contribution < 1.29 is 14.6 Å². The summed E-state index contributed by atoms with van der Waals surface area (Å²) in [6, 6.07) is 16.4. The molecular weight excluding hydrogens is 290 g/mol. The smallest absolute Gasteiger partial charge is 0.407 e. The first-order chi connectivity index (χ1) is 11.2. The summed E-state index contributed by atoms with van der Waals surface area (Å²) in [5, 5.41) is 11.6. The summed E-state index contributed by atoms with van der Waals surface area (Å²) in [5.41, 5.74) is 4.83. The molecule has 1 aliphatic carbocycles. The van der Waals surface area contributed by atoms with Gasteiger partial charge in [0.25, 0.3) is 0 Å². The van der Waals surface area contributed by atoms with Gasteiger partial charge in [0.2, 0.25) is 0 Å². The van der Waals surface area contributed by atoms with Gasteiger partial charge in [-0.2, -0.15) is 0 Å². The largest absolute Gasteiger partial charge is 0.449 e. The van der Waals surface area contributed by atoms with Crippen LogP contribution in [0.1, 0.15) is 30.4 Å². The Hall–Kier alpha value is -2.33. The third-order valence-corrected chi connectivity index (χ3v) is 4.27. The van der Waals surface area contributed by atoms with Gasteiger partial charge >= 0.3 is 6.09 Å². The van der Waals surface area contributed by atoms with E-state index in [2.05, 4.69) is 29.6 Å². The summed E-state index contributed by atoms with van der Waals surface area (Å²) in [5.74, 6) is 0.0706. The number of aliphatic hydroxyl groups excluding tert-OH is 1. The standard InChI is InChI=1S/C19H21NO3/c1-13(10-11-21)20-19(22)23-12-18-16-8-4-2-6-14(16)15-7-3-5-9-17(15)18/h2-9,13,18,21H,10-12H2,1H3,(H,20,22)/t13-/m1/s1. The minimum absolute atomic E-state index is 0.0465. The Labute approximate surface area is 136 Å². The van der Waals surface area contributed by atoms with Gasteiger partial charge in [0.15, 0.2) is 0 Å². The number of aliphatic hydroxyl groups is 1. The average molecular weight is 311 g/mol. The van der Waals surface area contributed by atoms with Crippen molar-refractivity contribution in [1.82, 2.24) is 5.32 Å². The van der Waals surface area contributed by atoms with Gasteiger partial charge in [-0.05, 0) is 35.6 Å². The molecule has 0 bridgehead atoms. The minimum Gasteiger partial charge on any atom is -0.449 e. The van der Waals surface area contributed by atoms with E-state index >= 15 is 0 Å². The monoisotopic (exact) mass is 311 g/mol. The molecule has 0 saturated heterocycles. The number of alkyl carbamates (subject to hydrolysis) is 1. The number of carbonyl (C=O) groups is 1. The van der Waals surface area contributed by atoms with E-state index in [1.54, 1.807) is 0 Å². The normalized spacial score (nSPS) is 14.0. The van der Waals surface area contributed by atoms with Crippen LogP contribution in [-0.4, -0.2) is 30.5 Å². The lowest BCUT2D eigenvalue weighted by atomic mass is 9.98. The van der Waals surface area contributed by atoms with Crippen LogP contribution in [0.2, 0.25) is 0 Å². The van der Waals surface area contributed by atoms with Gasteiger partial charge in [-0.3, -0.25) is 0 Å². The van der Waals surface area contributed by atoms with Crippen LogP contribution >= 0.6 is 0 Å². The van der Waals surface area contributed by atoms with Crippen LogP contribution in [0, 0.1) is 0 Å². The quantitative estimate of drug-likeness (QED) is 0.891. The molecule has 2 aromatic rings. The molecule has 23 heavy (non-hydrogen) atoms. The Morgan fingerprint density at radius 3 is 2.26 bits per heavy atom. The second kappa shape index (κ2) is 6.84. The van der Waals surface area contributed by atoms with Crippen molar-refractivity contribution >= 4 is 6.09 Å². The summed E-state index contributed by atoms with van der Waals surface area (Å²) in [6.45, 7) is 2.20. The van der Waals surface area contributed by atoms with Gasteiger partial charge in [0.05, 0.1) is 0 Å². The highest BCUT2D eigenvalue weighted by molar-refractivity contribution is 5.79. The van der Waals surface area contributed by atoms with Crippen molar-refractivity contribution in [3.63, 3.8) is 0 Å². The Balaban J connectivity index is 1.72. The molecule has 1 atom stereocenters. The van der Waals surface area contributed by atoms with E-state index in [-0.39, 0.29) is 18.6 Å². The molecule has 2 aromatic carbocycles. The number of hydrogen-bond donors (Lipinski definition) is 2. The van der Waals surface area contributed by atoms with E-state index in [9.17, 15) is 4.79 Å². The topological polar surface area (TPSA) is 58.6 Å². The summed E-state index contributed by atoms with van der Waals surface area (Å²) in [6.07, 6.45) is 0.0808. The Kier molecular flexibility index (Phi) is 4.63. The van der Waals surface area contributed by atoms with Gasteiger partial charge < -0.3 is 15.2 Å². The highest BCUT2D eigenvalue weighted by Gasteiger charge is 2.29. The molecule has 0 aliphatic heterocycles. The highest BCUT2D eigenvalue weighted by Crippen LogP contribution is 2.44. The molecule has 4 nitrogen and oxygen atoms in total. The van der Waals surface area contributed by atoms with Crippen LogP contribution in [0.3, 0.4) is 0 Å². The van der Waals surface area contributed by atoms with Crippen molar-refractivity contribution in [2.45, 2.75) is 25.3 Å². The number of fused-ring (bicyclic) bond motifs is 3. The van der Waals surface area contributed by atoms with Gasteiger partial charge in [0, 0.05) is 18.6 Å². The van der Waals surface area contributed by atoms with Crippen LogP contribution in [0.15, 0.2) is 48.5 Å². The van der Waals surface area contributed by atoms with Crippen LogP contribution < -0.4 is 5.32 Å². The zero-order valence-corrected chi connectivity index (χ0v) is 13.2. The van der Waals surface area contributed by atoms with Crippen LogP contribution in [0.25, 0.3) is 11.1 Å².